The van der Waals surface area contributed by atoms with Gasteiger partial charge in [0.25, 0.3) is 5.56 Å². The van der Waals surface area contributed by atoms with Crippen LogP contribution in [0.25, 0.3) is 0 Å². The third kappa shape index (κ3) is 1.74. The quantitative estimate of drug-likeness (QED) is 0.741. The number of aromatic nitrogens is 2. The Morgan fingerprint density at radius 2 is 2.20 bits per heavy atom. The van der Waals surface area contributed by atoms with Gasteiger partial charge in [-0.2, -0.15) is 0 Å². The van der Waals surface area contributed by atoms with Crippen LogP contribution in [0.15, 0.2) is 17.2 Å². The molecule has 0 atom stereocenters. The average Bonchev–Trinajstić information content (AvgIpc) is 2.13. The standard InChI is InChI=1S/C10H16N4O/c1-7(2)14-4-3-12-9(10(14)15)13-5-8(11)6-13/h3-4,7-8H,5-6,11H2,1-2H3. The Labute approximate surface area is 88.5 Å². The van der Waals surface area contributed by atoms with E-state index in [1.165, 1.54) is 0 Å². The van der Waals surface area contributed by atoms with Crippen molar-refractivity contribution in [3.8, 4) is 0 Å². The second kappa shape index (κ2) is 3.66. The molecule has 0 spiro atoms. The van der Waals surface area contributed by atoms with Crippen molar-refractivity contribution in [3.63, 3.8) is 0 Å². The normalized spacial score (nSPS) is 16.9. The zero-order valence-corrected chi connectivity index (χ0v) is 9.05. The predicted octanol–water partition coefficient (Wildman–Crippen LogP) is -0.0285. The highest BCUT2D eigenvalue weighted by atomic mass is 16.1. The van der Waals surface area contributed by atoms with Gasteiger partial charge in [-0.15, -0.1) is 0 Å². The topological polar surface area (TPSA) is 64.2 Å². The Kier molecular flexibility index (Phi) is 2.48. The fraction of sp³-hybridized carbons (Fsp3) is 0.600. The van der Waals surface area contributed by atoms with Crippen LogP contribution in [0.4, 0.5) is 5.82 Å². The van der Waals surface area contributed by atoms with Crippen LogP contribution in [0.1, 0.15) is 19.9 Å². The molecule has 0 unspecified atom stereocenters. The van der Waals surface area contributed by atoms with Gasteiger partial charge in [-0.3, -0.25) is 4.79 Å². The van der Waals surface area contributed by atoms with E-state index in [4.69, 9.17) is 5.73 Å². The van der Waals surface area contributed by atoms with Crippen molar-refractivity contribution in [2.45, 2.75) is 25.9 Å². The largest absolute Gasteiger partial charge is 0.349 e. The van der Waals surface area contributed by atoms with Gasteiger partial charge in [-0.1, -0.05) is 0 Å². The Morgan fingerprint density at radius 1 is 1.53 bits per heavy atom. The smallest absolute Gasteiger partial charge is 0.293 e. The molecule has 1 aliphatic heterocycles. The van der Waals surface area contributed by atoms with E-state index in [0.29, 0.717) is 5.82 Å². The molecule has 0 aliphatic carbocycles. The molecule has 2 rings (SSSR count). The summed E-state index contributed by atoms with van der Waals surface area (Å²) >= 11 is 0. The molecule has 0 bridgehead atoms. The predicted molar refractivity (Wildman–Crippen MR) is 59.1 cm³/mol. The molecule has 2 N–H and O–H groups in total. The van der Waals surface area contributed by atoms with Crippen LogP contribution in [-0.2, 0) is 0 Å². The Morgan fingerprint density at radius 3 is 2.73 bits per heavy atom. The van der Waals surface area contributed by atoms with Crippen molar-refractivity contribution in [1.82, 2.24) is 9.55 Å². The summed E-state index contributed by atoms with van der Waals surface area (Å²) in [7, 11) is 0. The van der Waals surface area contributed by atoms with Gasteiger partial charge in [-0.25, -0.2) is 4.98 Å². The molecule has 0 radical (unpaired) electrons. The zero-order valence-electron chi connectivity index (χ0n) is 9.05. The molecule has 0 saturated carbocycles. The van der Waals surface area contributed by atoms with Gasteiger partial charge in [0.1, 0.15) is 0 Å². The van der Waals surface area contributed by atoms with E-state index in [1.807, 2.05) is 18.7 Å². The van der Waals surface area contributed by atoms with Crippen molar-refractivity contribution in [1.29, 1.82) is 0 Å². The summed E-state index contributed by atoms with van der Waals surface area (Å²) in [5.74, 6) is 0.521. The van der Waals surface area contributed by atoms with Gasteiger partial charge in [0, 0.05) is 37.6 Å². The third-order valence-corrected chi connectivity index (χ3v) is 2.62. The molecule has 82 valence electrons. The van der Waals surface area contributed by atoms with E-state index in [2.05, 4.69) is 4.98 Å². The first kappa shape index (κ1) is 10.2. The highest BCUT2D eigenvalue weighted by Crippen LogP contribution is 2.13. The van der Waals surface area contributed by atoms with E-state index < -0.39 is 0 Å². The lowest BCUT2D eigenvalue weighted by Crippen LogP contribution is -2.57. The van der Waals surface area contributed by atoms with Crippen LogP contribution >= 0.6 is 0 Å². The Bertz CT molecular complexity index is 406. The molecule has 1 fully saturated rings. The Balaban J connectivity index is 2.33. The van der Waals surface area contributed by atoms with E-state index in [-0.39, 0.29) is 17.6 Å². The maximum atomic E-state index is 12.0. The first-order valence-corrected chi connectivity index (χ1v) is 5.17. The van der Waals surface area contributed by atoms with Crippen molar-refractivity contribution in [2.75, 3.05) is 18.0 Å². The highest BCUT2D eigenvalue weighted by Gasteiger charge is 2.26. The lowest BCUT2D eigenvalue weighted by atomic mass is 10.1. The van der Waals surface area contributed by atoms with Crippen molar-refractivity contribution < 1.29 is 0 Å². The molecule has 5 nitrogen and oxygen atoms in total. The fourth-order valence-corrected chi connectivity index (χ4v) is 1.72. The molecule has 1 saturated heterocycles. The lowest BCUT2D eigenvalue weighted by Gasteiger charge is -2.37. The van der Waals surface area contributed by atoms with Crippen molar-refractivity contribution >= 4 is 5.82 Å². The number of anilines is 1. The number of nitrogens with zero attached hydrogens (tertiary/aromatic N) is 3. The first-order valence-electron chi connectivity index (χ1n) is 5.17. The van der Waals surface area contributed by atoms with E-state index in [9.17, 15) is 4.79 Å². The van der Waals surface area contributed by atoms with Crippen LogP contribution in [0.3, 0.4) is 0 Å². The lowest BCUT2D eigenvalue weighted by molar-refractivity contribution is 0.502. The van der Waals surface area contributed by atoms with Gasteiger partial charge < -0.3 is 15.2 Å². The zero-order chi connectivity index (χ0) is 11.0. The number of hydrogen-bond donors (Lipinski definition) is 1. The molecule has 1 aromatic heterocycles. The molecule has 1 aliphatic rings. The molecule has 5 heteroatoms. The number of rotatable bonds is 2. The van der Waals surface area contributed by atoms with Gasteiger partial charge in [-0.05, 0) is 13.8 Å². The van der Waals surface area contributed by atoms with Gasteiger partial charge in [0.05, 0.1) is 0 Å². The van der Waals surface area contributed by atoms with Crippen molar-refractivity contribution in [3.05, 3.63) is 22.7 Å². The summed E-state index contributed by atoms with van der Waals surface area (Å²) in [5.41, 5.74) is 5.65. The van der Waals surface area contributed by atoms with E-state index >= 15 is 0 Å². The van der Waals surface area contributed by atoms with Crippen LogP contribution in [0.5, 0.6) is 0 Å². The molecule has 2 heterocycles. The Hall–Kier alpha value is -1.36. The summed E-state index contributed by atoms with van der Waals surface area (Å²) in [6.07, 6.45) is 3.39. The van der Waals surface area contributed by atoms with Crippen LogP contribution in [0, 0.1) is 0 Å². The summed E-state index contributed by atoms with van der Waals surface area (Å²) in [6, 6.07) is 0.341. The fourth-order valence-electron chi connectivity index (χ4n) is 1.72. The molecule has 0 amide bonds. The maximum absolute atomic E-state index is 12.0. The maximum Gasteiger partial charge on any atom is 0.293 e. The summed E-state index contributed by atoms with van der Waals surface area (Å²) in [6.45, 7) is 5.41. The molecular formula is C10H16N4O. The van der Waals surface area contributed by atoms with Crippen LogP contribution in [0.2, 0.25) is 0 Å². The highest BCUT2D eigenvalue weighted by molar-refractivity contribution is 5.40. The summed E-state index contributed by atoms with van der Waals surface area (Å²) < 4.78 is 1.69. The minimum absolute atomic E-state index is 0.0283. The second-order valence-electron chi connectivity index (χ2n) is 4.22. The molecule has 1 aromatic rings. The monoisotopic (exact) mass is 208 g/mol. The summed E-state index contributed by atoms with van der Waals surface area (Å²) in [4.78, 5) is 18.0. The molecular weight excluding hydrogens is 192 g/mol. The second-order valence-corrected chi connectivity index (χ2v) is 4.22. The molecule has 15 heavy (non-hydrogen) atoms. The minimum atomic E-state index is -0.0283. The number of nitrogens with two attached hydrogens (primary N) is 1. The third-order valence-electron chi connectivity index (χ3n) is 2.62. The van der Waals surface area contributed by atoms with Crippen molar-refractivity contribution in [2.24, 2.45) is 5.73 Å². The van der Waals surface area contributed by atoms with Crippen LogP contribution in [-0.4, -0.2) is 28.7 Å². The van der Waals surface area contributed by atoms with Crippen LogP contribution < -0.4 is 16.2 Å². The molecule has 0 aromatic carbocycles. The first-order chi connectivity index (χ1) is 7.09. The van der Waals surface area contributed by atoms with E-state index in [0.717, 1.165) is 13.1 Å². The summed E-state index contributed by atoms with van der Waals surface area (Å²) in [5, 5.41) is 0. The van der Waals surface area contributed by atoms with Gasteiger partial charge in [0.2, 0.25) is 0 Å². The SMILES string of the molecule is CC(C)n1ccnc(N2CC(N)C2)c1=O. The van der Waals surface area contributed by atoms with Gasteiger partial charge >= 0.3 is 0 Å². The van der Waals surface area contributed by atoms with Gasteiger partial charge in [0.15, 0.2) is 5.82 Å². The minimum Gasteiger partial charge on any atom is -0.349 e. The number of hydrogen-bond acceptors (Lipinski definition) is 4. The average molecular weight is 208 g/mol. The van der Waals surface area contributed by atoms with E-state index in [1.54, 1.807) is 17.0 Å².